The van der Waals surface area contributed by atoms with Crippen LogP contribution in [0.25, 0.3) is 11.1 Å². The summed E-state index contributed by atoms with van der Waals surface area (Å²) in [6.45, 7) is 6.45. The topological polar surface area (TPSA) is 36.0 Å². The molecule has 2 aliphatic rings. The molecular weight excluding hydrogens is 458 g/mol. The SMILES string of the molecule is CCCCN(CCCC)c1ccc2c(c1)C(=O)OC21c2ccc(N(C)C)cc2-c2cc(N(C)C)ccc21. The molecule has 0 unspecified atom stereocenters. The van der Waals surface area contributed by atoms with Crippen molar-refractivity contribution in [3.05, 3.63) is 76.9 Å². The van der Waals surface area contributed by atoms with E-state index in [4.69, 9.17) is 4.74 Å². The van der Waals surface area contributed by atoms with Crippen molar-refractivity contribution in [3.63, 3.8) is 0 Å². The summed E-state index contributed by atoms with van der Waals surface area (Å²) in [6, 6.07) is 19.4. The molecule has 1 heterocycles. The lowest BCUT2D eigenvalue weighted by atomic mass is 9.83. The number of hydrogen-bond acceptors (Lipinski definition) is 5. The number of esters is 1. The molecule has 0 N–H and O–H groups in total. The second-order valence-corrected chi connectivity index (χ2v) is 10.7. The Kier molecular flexibility index (Phi) is 6.65. The maximum Gasteiger partial charge on any atom is 0.340 e. The maximum atomic E-state index is 13.5. The fraction of sp³-hybridized carbons (Fsp3) is 0.406. The number of benzene rings is 3. The zero-order valence-corrected chi connectivity index (χ0v) is 23.1. The molecule has 1 spiro atoms. The Morgan fingerprint density at radius 2 is 1.08 bits per heavy atom. The second kappa shape index (κ2) is 9.77. The number of ether oxygens (including phenoxy) is 1. The Morgan fingerprint density at radius 1 is 0.649 bits per heavy atom. The van der Waals surface area contributed by atoms with Crippen LogP contribution in [-0.4, -0.2) is 47.2 Å². The average Bonchev–Trinajstić information content (AvgIpc) is 3.34. The molecule has 5 rings (SSSR count). The second-order valence-electron chi connectivity index (χ2n) is 10.7. The maximum absolute atomic E-state index is 13.5. The highest BCUT2D eigenvalue weighted by atomic mass is 16.6. The molecule has 194 valence electrons. The minimum atomic E-state index is -0.914. The fourth-order valence-corrected chi connectivity index (χ4v) is 5.75. The van der Waals surface area contributed by atoms with Crippen LogP contribution in [0.15, 0.2) is 54.6 Å². The number of rotatable bonds is 9. The number of anilines is 3. The van der Waals surface area contributed by atoms with Crippen molar-refractivity contribution < 1.29 is 9.53 Å². The molecular formula is C32H39N3O2. The highest BCUT2D eigenvalue weighted by Crippen LogP contribution is 2.58. The number of unbranched alkanes of at least 4 members (excludes halogenated alkanes) is 2. The Bertz CT molecular complexity index is 1260. The van der Waals surface area contributed by atoms with Gasteiger partial charge in [0.1, 0.15) is 0 Å². The predicted octanol–water partition coefficient (Wildman–Crippen LogP) is 6.67. The Morgan fingerprint density at radius 3 is 1.54 bits per heavy atom. The van der Waals surface area contributed by atoms with Crippen LogP contribution in [0.3, 0.4) is 0 Å². The van der Waals surface area contributed by atoms with Crippen LogP contribution >= 0.6 is 0 Å². The lowest BCUT2D eigenvalue weighted by Crippen LogP contribution is -2.27. The molecule has 0 saturated heterocycles. The Labute approximate surface area is 221 Å². The summed E-state index contributed by atoms with van der Waals surface area (Å²) < 4.78 is 6.45. The molecule has 0 fully saturated rings. The number of nitrogens with zero attached hydrogens (tertiary/aromatic N) is 3. The van der Waals surface area contributed by atoms with Gasteiger partial charge in [0.05, 0.1) is 5.56 Å². The quantitative estimate of drug-likeness (QED) is 0.309. The lowest BCUT2D eigenvalue weighted by Gasteiger charge is -2.28. The van der Waals surface area contributed by atoms with Gasteiger partial charge in [-0.05, 0) is 60.4 Å². The highest BCUT2D eigenvalue weighted by molar-refractivity contribution is 6.00. The van der Waals surface area contributed by atoms with Crippen LogP contribution in [0.5, 0.6) is 0 Å². The summed E-state index contributed by atoms with van der Waals surface area (Å²) in [6.07, 6.45) is 4.57. The van der Waals surface area contributed by atoms with Gasteiger partial charge in [-0.2, -0.15) is 0 Å². The van der Waals surface area contributed by atoms with Crippen LogP contribution in [0.2, 0.25) is 0 Å². The van der Waals surface area contributed by atoms with Gasteiger partial charge in [0.25, 0.3) is 0 Å². The van der Waals surface area contributed by atoms with E-state index in [0.29, 0.717) is 5.56 Å². The van der Waals surface area contributed by atoms with Crippen molar-refractivity contribution in [2.45, 2.75) is 45.1 Å². The molecule has 3 aromatic rings. The third-order valence-corrected chi connectivity index (χ3v) is 7.86. The van der Waals surface area contributed by atoms with E-state index in [0.717, 1.165) is 83.7 Å². The summed E-state index contributed by atoms with van der Waals surface area (Å²) in [7, 11) is 8.22. The minimum absolute atomic E-state index is 0.241. The standard InChI is InChI=1S/C32H39N3O2/c1-7-9-17-35(18-10-8-2)24-13-16-30-27(21-24)31(36)37-32(30)28-14-11-22(33(3)4)19-25(28)26-20-23(34(5)6)12-15-29(26)32/h11-16,19-21H,7-10,17-18H2,1-6H3. The molecule has 0 aromatic heterocycles. The van der Waals surface area contributed by atoms with Crippen LogP contribution in [-0.2, 0) is 10.3 Å². The fourth-order valence-electron chi connectivity index (χ4n) is 5.75. The van der Waals surface area contributed by atoms with Crippen LogP contribution < -0.4 is 14.7 Å². The van der Waals surface area contributed by atoms with Gasteiger partial charge in [-0.25, -0.2) is 4.79 Å². The number of fused-ring (bicyclic) bond motifs is 7. The van der Waals surface area contributed by atoms with Crippen molar-refractivity contribution in [2.75, 3.05) is 56.0 Å². The zero-order valence-electron chi connectivity index (χ0n) is 23.1. The van der Waals surface area contributed by atoms with E-state index >= 15 is 0 Å². The van der Waals surface area contributed by atoms with Crippen molar-refractivity contribution >= 4 is 23.0 Å². The first kappa shape index (κ1) is 25.2. The first-order chi connectivity index (χ1) is 17.8. The van der Waals surface area contributed by atoms with Crippen molar-refractivity contribution in [3.8, 4) is 11.1 Å². The van der Waals surface area contributed by atoms with Crippen LogP contribution in [0.1, 0.15) is 66.6 Å². The smallest absolute Gasteiger partial charge is 0.340 e. The largest absolute Gasteiger partial charge is 0.441 e. The van der Waals surface area contributed by atoms with Gasteiger partial charge in [-0.3, -0.25) is 0 Å². The summed E-state index contributed by atoms with van der Waals surface area (Å²) in [4.78, 5) is 20.2. The molecule has 0 radical (unpaired) electrons. The molecule has 3 aromatic carbocycles. The van der Waals surface area contributed by atoms with Gasteiger partial charge in [0.2, 0.25) is 0 Å². The van der Waals surface area contributed by atoms with E-state index in [1.54, 1.807) is 0 Å². The monoisotopic (exact) mass is 497 g/mol. The van der Waals surface area contributed by atoms with E-state index < -0.39 is 5.60 Å². The van der Waals surface area contributed by atoms with Gasteiger partial charge < -0.3 is 19.4 Å². The first-order valence-electron chi connectivity index (χ1n) is 13.6. The number of carbonyl (C=O) groups excluding carboxylic acids is 1. The van der Waals surface area contributed by atoms with E-state index in [-0.39, 0.29) is 5.97 Å². The summed E-state index contributed by atoms with van der Waals surface area (Å²) >= 11 is 0. The molecule has 0 amide bonds. The zero-order chi connectivity index (χ0) is 26.3. The molecule has 37 heavy (non-hydrogen) atoms. The molecule has 5 heteroatoms. The summed E-state index contributed by atoms with van der Waals surface area (Å²) in [5, 5.41) is 0. The number of carbonyl (C=O) groups is 1. The normalized spacial score (nSPS) is 14.3. The van der Waals surface area contributed by atoms with Crippen LogP contribution in [0.4, 0.5) is 17.1 Å². The van der Waals surface area contributed by atoms with E-state index in [1.165, 1.54) is 0 Å². The molecule has 0 bridgehead atoms. The molecule has 5 nitrogen and oxygen atoms in total. The Balaban J connectivity index is 1.68. The van der Waals surface area contributed by atoms with Gasteiger partial charge >= 0.3 is 5.97 Å². The molecule has 1 aliphatic heterocycles. The van der Waals surface area contributed by atoms with Gasteiger partial charge in [0.15, 0.2) is 5.60 Å². The minimum Gasteiger partial charge on any atom is -0.441 e. The van der Waals surface area contributed by atoms with E-state index in [9.17, 15) is 4.79 Å². The highest BCUT2D eigenvalue weighted by Gasteiger charge is 2.54. The van der Waals surface area contributed by atoms with Crippen molar-refractivity contribution in [1.29, 1.82) is 0 Å². The average molecular weight is 498 g/mol. The third kappa shape index (κ3) is 4.05. The predicted molar refractivity (Wildman–Crippen MR) is 154 cm³/mol. The van der Waals surface area contributed by atoms with Crippen molar-refractivity contribution in [1.82, 2.24) is 0 Å². The molecule has 0 saturated carbocycles. The summed E-state index contributed by atoms with van der Waals surface area (Å²) in [5.41, 5.74) is 8.41. The molecule has 0 atom stereocenters. The van der Waals surface area contributed by atoms with E-state index in [1.807, 2.05) is 0 Å². The van der Waals surface area contributed by atoms with Gasteiger partial charge in [0, 0.05) is 75.0 Å². The van der Waals surface area contributed by atoms with Gasteiger partial charge in [-0.15, -0.1) is 0 Å². The van der Waals surface area contributed by atoms with Gasteiger partial charge in [-0.1, -0.05) is 44.9 Å². The summed E-state index contributed by atoms with van der Waals surface area (Å²) in [5.74, 6) is -0.241. The van der Waals surface area contributed by atoms with E-state index in [2.05, 4.69) is 111 Å². The van der Waals surface area contributed by atoms with Crippen molar-refractivity contribution in [2.24, 2.45) is 0 Å². The Hall–Kier alpha value is -3.47. The number of hydrogen-bond donors (Lipinski definition) is 0. The lowest BCUT2D eigenvalue weighted by molar-refractivity contribution is 0.0264. The molecule has 1 aliphatic carbocycles. The van der Waals surface area contributed by atoms with Crippen LogP contribution in [0, 0.1) is 0 Å². The third-order valence-electron chi connectivity index (χ3n) is 7.86. The first-order valence-corrected chi connectivity index (χ1v) is 13.6.